The van der Waals surface area contributed by atoms with Crippen LogP contribution in [-0.2, 0) is 22.5 Å². The molecule has 144 valence electrons. The van der Waals surface area contributed by atoms with Crippen LogP contribution < -0.4 is 5.32 Å². The van der Waals surface area contributed by atoms with E-state index in [0.29, 0.717) is 42.2 Å². The Kier molecular flexibility index (Phi) is 6.06. The minimum absolute atomic E-state index is 0.301. The fourth-order valence-corrected chi connectivity index (χ4v) is 4.13. The highest BCUT2D eigenvalue weighted by molar-refractivity contribution is 7.16. The van der Waals surface area contributed by atoms with Gasteiger partial charge in [0.1, 0.15) is 16.9 Å². The number of nitrogens with one attached hydrogen (secondary N) is 1. The third kappa shape index (κ3) is 4.38. The average Bonchev–Trinajstić information content (AvgIpc) is 3.02. The maximum Gasteiger partial charge on any atom is 0.410 e. The van der Waals surface area contributed by atoms with Crippen LogP contribution in [0.25, 0.3) is 6.08 Å². The number of rotatable bonds is 4. The van der Waals surface area contributed by atoms with Crippen molar-refractivity contribution in [2.75, 3.05) is 18.5 Å². The molecule has 1 aliphatic rings. The van der Waals surface area contributed by atoms with Gasteiger partial charge in [0.05, 0.1) is 18.7 Å². The van der Waals surface area contributed by atoms with E-state index in [2.05, 4.69) is 11.4 Å². The summed E-state index contributed by atoms with van der Waals surface area (Å²) in [6, 6.07) is 8.03. The van der Waals surface area contributed by atoms with Crippen LogP contribution in [0.4, 0.5) is 14.2 Å². The van der Waals surface area contributed by atoms with Gasteiger partial charge in [-0.05, 0) is 42.7 Å². The average molecular weight is 399 g/mol. The molecule has 1 N–H and O–H groups in total. The zero-order valence-electron chi connectivity index (χ0n) is 15.2. The van der Waals surface area contributed by atoms with Gasteiger partial charge in [-0.1, -0.05) is 12.1 Å². The van der Waals surface area contributed by atoms with Crippen molar-refractivity contribution < 1.29 is 18.7 Å². The lowest BCUT2D eigenvalue weighted by Crippen LogP contribution is -2.35. The first-order chi connectivity index (χ1) is 13.5. The molecule has 1 aliphatic heterocycles. The minimum Gasteiger partial charge on any atom is -0.450 e. The summed E-state index contributed by atoms with van der Waals surface area (Å²) in [5, 5.41) is 12.7. The molecule has 2 amide bonds. The van der Waals surface area contributed by atoms with Crippen LogP contribution in [0.2, 0.25) is 0 Å². The maximum absolute atomic E-state index is 13.2. The van der Waals surface area contributed by atoms with Crippen LogP contribution in [0.15, 0.2) is 30.3 Å². The smallest absolute Gasteiger partial charge is 0.410 e. The number of carbonyl (C=O) groups excluding carboxylic acids is 2. The number of thiophene rings is 1. The van der Waals surface area contributed by atoms with Crippen molar-refractivity contribution in [1.82, 2.24) is 4.90 Å². The number of anilines is 1. The van der Waals surface area contributed by atoms with Gasteiger partial charge >= 0.3 is 6.09 Å². The van der Waals surface area contributed by atoms with Gasteiger partial charge in [0.15, 0.2) is 0 Å². The molecule has 0 unspecified atom stereocenters. The predicted molar refractivity (Wildman–Crippen MR) is 104 cm³/mol. The first-order valence-corrected chi connectivity index (χ1v) is 9.54. The Morgan fingerprint density at radius 2 is 2.29 bits per heavy atom. The Labute approximate surface area is 165 Å². The highest BCUT2D eigenvalue weighted by atomic mass is 32.1. The summed E-state index contributed by atoms with van der Waals surface area (Å²) in [6.07, 6.45) is 2.94. The summed E-state index contributed by atoms with van der Waals surface area (Å²) in [5.74, 6) is -0.798. The number of ether oxygens (including phenoxy) is 1. The van der Waals surface area contributed by atoms with Crippen LogP contribution >= 0.6 is 11.3 Å². The lowest BCUT2D eigenvalue weighted by Gasteiger charge is -2.25. The lowest BCUT2D eigenvalue weighted by atomic mass is 10.0. The van der Waals surface area contributed by atoms with Crippen LogP contribution in [-0.4, -0.2) is 30.1 Å². The molecule has 0 radical (unpaired) electrons. The number of hydrogen-bond acceptors (Lipinski definition) is 5. The summed E-state index contributed by atoms with van der Waals surface area (Å²) in [6.45, 7) is 2.86. The molecule has 6 nitrogen and oxygen atoms in total. The molecule has 0 bridgehead atoms. The first kappa shape index (κ1) is 19.6. The van der Waals surface area contributed by atoms with Crippen molar-refractivity contribution >= 4 is 34.4 Å². The van der Waals surface area contributed by atoms with E-state index in [-0.39, 0.29) is 11.9 Å². The van der Waals surface area contributed by atoms with Gasteiger partial charge in [-0.2, -0.15) is 5.26 Å². The molecule has 2 heterocycles. The Morgan fingerprint density at radius 3 is 3.00 bits per heavy atom. The summed E-state index contributed by atoms with van der Waals surface area (Å²) in [5.41, 5.74) is 1.85. The second kappa shape index (κ2) is 8.67. The Balaban J connectivity index is 1.74. The molecule has 0 saturated carbocycles. The quantitative estimate of drug-likeness (QED) is 0.790. The van der Waals surface area contributed by atoms with Crippen molar-refractivity contribution in [2.45, 2.75) is 19.9 Å². The fraction of sp³-hybridized carbons (Fsp3) is 0.250. The largest absolute Gasteiger partial charge is 0.450 e. The summed E-state index contributed by atoms with van der Waals surface area (Å²) in [4.78, 5) is 26.6. The van der Waals surface area contributed by atoms with Crippen LogP contribution in [0.1, 0.15) is 28.5 Å². The summed E-state index contributed by atoms with van der Waals surface area (Å²) in [7, 11) is 0. The molecular weight excluding hydrogens is 381 g/mol. The second-order valence-electron chi connectivity index (χ2n) is 6.07. The van der Waals surface area contributed by atoms with Gasteiger partial charge in [-0.3, -0.25) is 4.79 Å². The van der Waals surface area contributed by atoms with Crippen molar-refractivity contribution in [1.29, 1.82) is 5.26 Å². The number of carbonyl (C=O) groups is 2. The normalized spacial score (nSPS) is 13.1. The number of fused-ring (bicyclic) bond motifs is 1. The first-order valence-electron chi connectivity index (χ1n) is 8.72. The van der Waals surface area contributed by atoms with Crippen LogP contribution in [0.3, 0.4) is 0 Å². The fourth-order valence-electron chi connectivity index (χ4n) is 2.92. The van der Waals surface area contributed by atoms with Crippen molar-refractivity contribution in [3.05, 3.63) is 57.7 Å². The molecule has 28 heavy (non-hydrogen) atoms. The SMILES string of the molecule is CCOC(=O)N1CCc2c(sc(NC(=O)/C=C/c3cccc(F)c3)c2C#N)C1. The van der Waals surface area contributed by atoms with Crippen molar-refractivity contribution in [3.8, 4) is 6.07 Å². The van der Waals surface area contributed by atoms with Gasteiger partial charge in [-0.25, -0.2) is 9.18 Å². The van der Waals surface area contributed by atoms with Gasteiger partial charge < -0.3 is 15.0 Å². The molecule has 0 spiro atoms. The molecule has 0 aliphatic carbocycles. The molecule has 8 heteroatoms. The lowest BCUT2D eigenvalue weighted by molar-refractivity contribution is -0.111. The van der Waals surface area contributed by atoms with Crippen molar-refractivity contribution in [3.63, 3.8) is 0 Å². The van der Waals surface area contributed by atoms with E-state index in [4.69, 9.17) is 4.74 Å². The zero-order chi connectivity index (χ0) is 20.1. The molecule has 1 aromatic carbocycles. The highest BCUT2D eigenvalue weighted by Gasteiger charge is 2.27. The minimum atomic E-state index is -0.415. The predicted octanol–water partition coefficient (Wildman–Crippen LogP) is 3.93. The topological polar surface area (TPSA) is 82.4 Å². The number of nitrogens with zero attached hydrogens (tertiary/aromatic N) is 2. The Hall–Kier alpha value is -3.18. The van der Waals surface area contributed by atoms with Crippen LogP contribution in [0, 0.1) is 17.1 Å². The Morgan fingerprint density at radius 1 is 1.46 bits per heavy atom. The van der Waals surface area contributed by atoms with Gasteiger partial charge in [0.2, 0.25) is 5.91 Å². The third-order valence-electron chi connectivity index (χ3n) is 4.21. The van der Waals surface area contributed by atoms with E-state index < -0.39 is 5.91 Å². The number of halogens is 1. The maximum atomic E-state index is 13.2. The zero-order valence-corrected chi connectivity index (χ0v) is 16.0. The molecule has 0 fully saturated rings. The van der Waals surface area contributed by atoms with E-state index in [1.807, 2.05) is 0 Å². The second-order valence-corrected chi connectivity index (χ2v) is 7.17. The molecule has 3 rings (SSSR count). The van der Waals surface area contributed by atoms with E-state index >= 15 is 0 Å². The number of benzene rings is 1. The molecule has 1 aromatic heterocycles. The van der Waals surface area contributed by atoms with Crippen molar-refractivity contribution in [2.24, 2.45) is 0 Å². The Bertz CT molecular complexity index is 978. The third-order valence-corrected chi connectivity index (χ3v) is 5.34. The number of hydrogen-bond donors (Lipinski definition) is 1. The highest BCUT2D eigenvalue weighted by Crippen LogP contribution is 2.36. The van der Waals surface area contributed by atoms with E-state index in [0.717, 1.165) is 10.4 Å². The molecule has 0 saturated heterocycles. The molecule has 2 aromatic rings. The number of amides is 2. The molecular formula is C20H18FN3O3S. The number of nitriles is 1. The summed E-state index contributed by atoms with van der Waals surface area (Å²) >= 11 is 1.28. The van der Waals surface area contributed by atoms with E-state index in [1.54, 1.807) is 24.0 Å². The summed E-state index contributed by atoms with van der Waals surface area (Å²) < 4.78 is 18.2. The standard InChI is InChI=1S/C20H18FN3O3S/c1-2-27-20(26)24-9-8-15-16(11-22)19(28-17(15)12-24)23-18(25)7-6-13-4-3-5-14(21)10-13/h3-7,10H,2,8-9,12H2,1H3,(H,23,25)/b7-6+. The van der Waals surface area contributed by atoms with Crippen LogP contribution in [0.5, 0.6) is 0 Å². The van der Waals surface area contributed by atoms with Gasteiger partial charge in [0.25, 0.3) is 0 Å². The van der Waals surface area contributed by atoms with Gasteiger partial charge in [-0.15, -0.1) is 11.3 Å². The van der Waals surface area contributed by atoms with Gasteiger partial charge in [0, 0.05) is 17.5 Å². The van der Waals surface area contributed by atoms with E-state index in [9.17, 15) is 19.2 Å². The molecule has 0 atom stereocenters. The monoisotopic (exact) mass is 399 g/mol. The van der Waals surface area contributed by atoms with E-state index in [1.165, 1.54) is 35.6 Å².